The summed E-state index contributed by atoms with van der Waals surface area (Å²) in [6.07, 6.45) is 3.27. The highest BCUT2D eigenvalue weighted by atomic mass is 127. The zero-order valence-corrected chi connectivity index (χ0v) is 19.2. The van der Waals surface area contributed by atoms with Crippen LogP contribution in [0.5, 0.6) is 0 Å². The van der Waals surface area contributed by atoms with Crippen LogP contribution in [0.1, 0.15) is 26.2 Å². The number of nitrogens with zero attached hydrogens (tertiary/aromatic N) is 2. The van der Waals surface area contributed by atoms with E-state index in [1.165, 1.54) is 12.1 Å². The van der Waals surface area contributed by atoms with Crippen molar-refractivity contribution in [3.63, 3.8) is 0 Å². The van der Waals surface area contributed by atoms with E-state index in [1.807, 2.05) is 11.8 Å². The zero-order chi connectivity index (χ0) is 19.8. The number of rotatable bonds is 8. The van der Waals surface area contributed by atoms with Crippen LogP contribution in [-0.2, 0) is 9.47 Å². The summed E-state index contributed by atoms with van der Waals surface area (Å²) in [5.41, 5.74) is 0.440. The first-order valence-electron chi connectivity index (χ1n) is 10.1. The Kier molecular flexibility index (Phi) is 10.4. The first-order chi connectivity index (χ1) is 13.7. The average molecular weight is 524 g/mol. The molecule has 0 amide bonds. The second-order valence-corrected chi connectivity index (χ2v) is 7.14. The van der Waals surface area contributed by atoms with Gasteiger partial charge in [-0.1, -0.05) is 0 Å². The van der Waals surface area contributed by atoms with E-state index in [0.29, 0.717) is 38.5 Å². The maximum absolute atomic E-state index is 14.0. The standard InChI is InChI=1S/C20H30F2N4O2.HI/c1-2-23-20(24-8-11-27-14-17-4-3-10-28-17)25-16-7-9-26(13-16)19-6-5-15(21)12-18(19)22;/h5-6,12,16-17H,2-4,7-11,13-14H2,1H3,(H2,23,24,25);1H. The van der Waals surface area contributed by atoms with E-state index < -0.39 is 11.6 Å². The van der Waals surface area contributed by atoms with Gasteiger partial charge in [0, 0.05) is 38.3 Å². The van der Waals surface area contributed by atoms with Gasteiger partial charge in [0.25, 0.3) is 0 Å². The third-order valence-electron chi connectivity index (χ3n) is 4.96. The molecular formula is C20H31F2IN4O2. The third-order valence-corrected chi connectivity index (χ3v) is 4.96. The molecule has 6 nitrogen and oxygen atoms in total. The first kappa shape index (κ1) is 24.1. The monoisotopic (exact) mass is 524 g/mol. The minimum atomic E-state index is -0.557. The van der Waals surface area contributed by atoms with Crippen molar-refractivity contribution in [3.05, 3.63) is 29.8 Å². The summed E-state index contributed by atoms with van der Waals surface area (Å²) in [7, 11) is 0. The summed E-state index contributed by atoms with van der Waals surface area (Å²) < 4.78 is 38.3. The number of hydrogen-bond acceptors (Lipinski definition) is 4. The number of halogens is 3. The molecule has 0 saturated carbocycles. The SMILES string of the molecule is CCNC(=NCCOCC1CCCO1)NC1CCN(c2ccc(F)cc2F)C1.I. The lowest BCUT2D eigenvalue weighted by Gasteiger charge is -2.21. The maximum atomic E-state index is 14.0. The van der Waals surface area contributed by atoms with Crippen LogP contribution in [0.2, 0.25) is 0 Å². The van der Waals surface area contributed by atoms with Gasteiger partial charge in [0.2, 0.25) is 0 Å². The molecule has 2 aliphatic heterocycles. The molecule has 0 aromatic heterocycles. The van der Waals surface area contributed by atoms with Gasteiger partial charge in [-0.25, -0.2) is 8.78 Å². The van der Waals surface area contributed by atoms with Crippen molar-refractivity contribution in [1.82, 2.24) is 10.6 Å². The summed E-state index contributed by atoms with van der Waals surface area (Å²) >= 11 is 0. The number of guanidine groups is 1. The van der Waals surface area contributed by atoms with Crippen molar-refractivity contribution in [1.29, 1.82) is 0 Å². The normalized spacial score (nSPS) is 21.9. The average Bonchev–Trinajstić information content (AvgIpc) is 3.34. The molecule has 2 unspecified atom stereocenters. The first-order valence-corrected chi connectivity index (χ1v) is 10.1. The molecule has 9 heteroatoms. The number of hydrogen-bond donors (Lipinski definition) is 2. The molecule has 164 valence electrons. The molecule has 0 aliphatic carbocycles. The zero-order valence-electron chi connectivity index (χ0n) is 16.8. The van der Waals surface area contributed by atoms with Crippen LogP contribution in [0.4, 0.5) is 14.5 Å². The van der Waals surface area contributed by atoms with Crippen LogP contribution >= 0.6 is 24.0 Å². The van der Waals surface area contributed by atoms with Gasteiger partial charge in [-0.05, 0) is 38.3 Å². The van der Waals surface area contributed by atoms with E-state index in [1.54, 1.807) is 0 Å². The lowest BCUT2D eigenvalue weighted by atomic mass is 10.2. The predicted molar refractivity (Wildman–Crippen MR) is 121 cm³/mol. The Morgan fingerprint density at radius 3 is 2.93 bits per heavy atom. The third kappa shape index (κ3) is 7.53. The lowest BCUT2D eigenvalue weighted by Crippen LogP contribution is -2.44. The Hall–Kier alpha value is -1.20. The van der Waals surface area contributed by atoms with Crippen LogP contribution < -0.4 is 15.5 Å². The van der Waals surface area contributed by atoms with E-state index in [2.05, 4.69) is 15.6 Å². The Bertz CT molecular complexity index is 659. The number of anilines is 1. The summed E-state index contributed by atoms with van der Waals surface area (Å²) in [6, 6.07) is 3.87. The molecule has 2 aliphatic rings. The van der Waals surface area contributed by atoms with Crippen LogP contribution in [-0.4, -0.2) is 64.1 Å². The highest BCUT2D eigenvalue weighted by Gasteiger charge is 2.25. The van der Waals surface area contributed by atoms with Crippen LogP contribution in [0, 0.1) is 11.6 Å². The van der Waals surface area contributed by atoms with Gasteiger partial charge in [0.05, 0.1) is 31.5 Å². The molecule has 0 bridgehead atoms. The maximum Gasteiger partial charge on any atom is 0.191 e. The second-order valence-electron chi connectivity index (χ2n) is 7.14. The van der Waals surface area contributed by atoms with Gasteiger partial charge in [-0.15, -0.1) is 24.0 Å². The van der Waals surface area contributed by atoms with Gasteiger partial charge in [0.1, 0.15) is 11.6 Å². The van der Waals surface area contributed by atoms with Gasteiger partial charge < -0.3 is 25.0 Å². The van der Waals surface area contributed by atoms with Crippen molar-refractivity contribution in [2.75, 3.05) is 50.9 Å². The predicted octanol–water partition coefficient (Wildman–Crippen LogP) is 2.91. The van der Waals surface area contributed by atoms with Crippen LogP contribution in [0.3, 0.4) is 0 Å². The molecule has 0 spiro atoms. The molecule has 29 heavy (non-hydrogen) atoms. The van der Waals surface area contributed by atoms with Crippen molar-refractivity contribution in [3.8, 4) is 0 Å². The lowest BCUT2D eigenvalue weighted by molar-refractivity contribution is 0.0200. The van der Waals surface area contributed by atoms with E-state index in [4.69, 9.17) is 9.47 Å². The summed E-state index contributed by atoms with van der Waals surface area (Å²) in [4.78, 5) is 6.49. The summed E-state index contributed by atoms with van der Waals surface area (Å²) in [5, 5.41) is 6.63. The highest BCUT2D eigenvalue weighted by molar-refractivity contribution is 14.0. The van der Waals surface area contributed by atoms with Crippen molar-refractivity contribution >= 4 is 35.6 Å². The molecule has 3 rings (SSSR count). The minimum absolute atomic E-state index is 0. The van der Waals surface area contributed by atoms with E-state index in [0.717, 1.165) is 44.4 Å². The molecule has 2 heterocycles. The van der Waals surface area contributed by atoms with Gasteiger partial charge >= 0.3 is 0 Å². The number of benzene rings is 1. The molecule has 2 fully saturated rings. The molecule has 1 aromatic carbocycles. The highest BCUT2D eigenvalue weighted by Crippen LogP contribution is 2.24. The largest absolute Gasteiger partial charge is 0.377 e. The molecule has 2 N–H and O–H groups in total. The molecule has 1 aromatic rings. The second kappa shape index (κ2) is 12.5. The fraction of sp³-hybridized carbons (Fsp3) is 0.650. The van der Waals surface area contributed by atoms with E-state index in [-0.39, 0.29) is 36.1 Å². The van der Waals surface area contributed by atoms with Gasteiger partial charge in [0.15, 0.2) is 5.96 Å². The summed E-state index contributed by atoms with van der Waals surface area (Å²) in [6.45, 7) is 6.69. The molecule has 2 atom stereocenters. The number of nitrogens with one attached hydrogen (secondary N) is 2. The molecule has 2 saturated heterocycles. The fourth-order valence-corrected chi connectivity index (χ4v) is 3.56. The van der Waals surface area contributed by atoms with Crippen LogP contribution in [0.15, 0.2) is 23.2 Å². The smallest absolute Gasteiger partial charge is 0.191 e. The van der Waals surface area contributed by atoms with E-state index >= 15 is 0 Å². The van der Waals surface area contributed by atoms with Gasteiger partial charge in [-0.3, -0.25) is 4.99 Å². The Morgan fingerprint density at radius 1 is 1.34 bits per heavy atom. The number of ether oxygens (including phenoxy) is 2. The van der Waals surface area contributed by atoms with Crippen LogP contribution in [0.25, 0.3) is 0 Å². The Labute approximate surface area is 188 Å². The minimum Gasteiger partial charge on any atom is -0.377 e. The summed E-state index contributed by atoms with van der Waals surface area (Å²) in [5.74, 6) is -0.349. The molecular weight excluding hydrogens is 493 g/mol. The Balaban J connectivity index is 0.00000300. The quantitative estimate of drug-likeness (QED) is 0.237. The topological polar surface area (TPSA) is 58.1 Å². The molecule has 0 radical (unpaired) electrons. The van der Waals surface area contributed by atoms with Crippen molar-refractivity contribution < 1.29 is 18.3 Å². The number of aliphatic imine (C=N–C) groups is 1. The van der Waals surface area contributed by atoms with Crippen molar-refractivity contribution in [2.45, 2.75) is 38.3 Å². The fourth-order valence-electron chi connectivity index (χ4n) is 3.56. The van der Waals surface area contributed by atoms with Gasteiger partial charge in [-0.2, -0.15) is 0 Å². The Morgan fingerprint density at radius 2 is 2.21 bits per heavy atom. The van der Waals surface area contributed by atoms with Crippen molar-refractivity contribution in [2.24, 2.45) is 4.99 Å². The van der Waals surface area contributed by atoms with E-state index in [9.17, 15) is 8.78 Å².